The molecule has 1 unspecified atom stereocenters. The minimum absolute atomic E-state index is 0.606. The van der Waals surface area contributed by atoms with E-state index in [-0.39, 0.29) is 0 Å². The van der Waals surface area contributed by atoms with Crippen molar-refractivity contribution in [2.24, 2.45) is 5.92 Å². The lowest BCUT2D eigenvalue weighted by atomic mass is 10.0. The van der Waals surface area contributed by atoms with Crippen molar-refractivity contribution >= 4 is 12.0 Å². The molecule has 1 nitrogen and oxygen atoms in total. The Morgan fingerprint density at radius 1 is 1.38 bits per heavy atom. The average Bonchev–Trinajstić information content (AvgIpc) is 2.17. The van der Waals surface area contributed by atoms with Crippen LogP contribution in [0.1, 0.15) is 19.4 Å². The fourth-order valence-electron chi connectivity index (χ4n) is 1.46. The second kappa shape index (κ2) is 3.62. The lowest BCUT2D eigenvalue weighted by Crippen LogP contribution is -2.19. The molecule has 0 aromatic heterocycles. The summed E-state index contributed by atoms with van der Waals surface area (Å²) < 4.78 is 5.61. The molecule has 1 aliphatic rings. The van der Waals surface area contributed by atoms with Crippen molar-refractivity contribution in [3.05, 3.63) is 29.8 Å². The molecule has 1 aromatic rings. The van der Waals surface area contributed by atoms with Gasteiger partial charge in [-0.3, -0.25) is 0 Å². The van der Waals surface area contributed by atoms with E-state index in [1.54, 1.807) is 12.0 Å². The third-order valence-electron chi connectivity index (χ3n) is 2.40. The molecule has 1 aliphatic heterocycles. The van der Waals surface area contributed by atoms with Gasteiger partial charge in [0.1, 0.15) is 5.75 Å². The van der Waals surface area contributed by atoms with Crippen LogP contribution < -0.4 is 4.18 Å². The Hall–Kier alpha value is -0.630. The van der Waals surface area contributed by atoms with E-state index >= 15 is 0 Å². The van der Waals surface area contributed by atoms with Crippen molar-refractivity contribution < 1.29 is 4.18 Å². The summed E-state index contributed by atoms with van der Waals surface area (Å²) >= 11 is 1.61. The number of fused-ring (bicyclic) bond motifs is 1. The van der Waals surface area contributed by atoms with Crippen LogP contribution in [0.4, 0.5) is 0 Å². The largest absolute Gasteiger partial charge is 0.425 e. The molecule has 0 amide bonds. The number of rotatable bonds is 1. The van der Waals surface area contributed by atoms with Crippen molar-refractivity contribution in [2.75, 3.05) is 0 Å². The fraction of sp³-hybridized carbons (Fsp3) is 0.455. The lowest BCUT2D eigenvalue weighted by Gasteiger charge is -2.25. The summed E-state index contributed by atoms with van der Waals surface area (Å²) in [6.45, 7) is 4.49. The molecule has 0 bridgehead atoms. The summed E-state index contributed by atoms with van der Waals surface area (Å²) in [6.07, 6.45) is 1.14. The Bertz CT molecular complexity index is 296. The summed E-state index contributed by atoms with van der Waals surface area (Å²) in [6, 6.07) is 8.30. The van der Waals surface area contributed by atoms with Crippen LogP contribution in [0.3, 0.4) is 0 Å². The molecule has 70 valence electrons. The van der Waals surface area contributed by atoms with Crippen LogP contribution in [0.25, 0.3) is 0 Å². The van der Waals surface area contributed by atoms with Gasteiger partial charge >= 0.3 is 0 Å². The zero-order valence-electron chi connectivity index (χ0n) is 7.99. The monoisotopic (exact) mass is 194 g/mol. The Balaban J connectivity index is 2.20. The van der Waals surface area contributed by atoms with Crippen LogP contribution in [0.5, 0.6) is 5.75 Å². The van der Waals surface area contributed by atoms with E-state index in [2.05, 4.69) is 26.0 Å². The van der Waals surface area contributed by atoms with Gasteiger partial charge in [0.05, 0.1) is 12.0 Å². The van der Waals surface area contributed by atoms with Gasteiger partial charge in [-0.05, 0) is 24.0 Å². The normalized spacial score (nSPS) is 21.0. The molecular formula is C11H14OS. The maximum atomic E-state index is 5.61. The van der Waals surface area contributed by atoms with Crippen LogP contribution in [0.15, 0.2) is 24.3 Å². The van der Waals surface area contributed by atoms with E-state index < -0.39 is 0 Å². The molecule has 0 N–H and O–H groups in total. The minimum atomic E-state index is 0.606. The Labute approximate surface area is 83.7 Å². The van der Waals surface area contributed by atoms with Crippen molar-refractivity contribution in [1.82, 2.24) is 0 Å². The summed E-state index contributed by atoms with van der Waals surface area (Å²) in [4.78, 5) is 0. The third-order valence-corrected chi connectivity index (χ3v) is 3.63. The molecule has 2 rings (SSSR count). The van der Waals surface area contributed by atoms with Gasteiger partial charge in [0.15, 0.2) is 0 Å². The molecular weight excluding hydrogens is 180 g/mol. The Morgan fingerprint density at radius 3 is 2.92 bits per heavy atom. The molecule has 1 aromatic carbocycles. The zero-order chi connectivity index (χ0) is 9.26. The molecule has 2 heteroatoms. The van der Waals surface area contributed by atoms with Crippen LogP contribution in [-0.4, -0.2) is 5.25 Å². The highest BCUT2D eigenvalue weighted by molar-refractivity contribution is 7.95. The van der Waals surface area contributed by atoms with Crippen molar-refractivity contribution in [3.8, 4) is 5.75 Å². The van der Waals surface area contributed by atoms with E-state index in [0.717, 1.165) is 12.2 Å². The quantitative estimate of drug-likeness (QED) is 0.634. The average molecular weight is 194 g/mol. The van der Waals surface area contributed by atoms with Gasteiger partial charge < -0.3 is 4.18 Å². The van der Waals surface area contributed by atoms with E-state index in [0.29, 0.717) is 11.2 Å². The second-order valence-corrected chi connectivity index (χ2v) is 4.74. The first-order valence-electron chi connectivity index (χ1n) is 4.68. The highest BCUT2D eigenvalue weighted by atomic mass is 32.2. The van der Waals surface area contributed by atoms with E-state index in [4.69, 9.17) is 4.18 Å². The molecule has 0 saturated carbocycles. The maximum Gasteiger partial charge on any atom is 0.140 e. The molecule has 0 fully saturated rings. The minimum Gasteiger partial charge on any atom is -0.425 e. The number of hydrogen-bond acceptors (Lipinski definition) is 2. The van der Waals surface area contributed by atoms with E-state index in [1.165, 1.54) is 5.56 Å². The number of para-hydroxylation sites is 1. The molecule has 0 spiro atoms. The van der Waals surface area contributed by atoms with Crippen LogP contribution in [0, 0.1) is 5.92 Å². The van der Waals surface area contributed by atoms with E-state index in [1.807, 2.05) is 12.1 Å². The summed E-state index contributed by atoms with van der Waals surface area (Å²) in [5.74, 6) is 1.72. The SMILES string of the molecule is CC(C)C1Cc2ccccc2OS1. The van der Waals surface area contributed by atoms with Gasteiger partial charge in [0.2, 0.25) is 0 Å². The standard InChI is InChI=1S/C11H14OS/c1-8(2)11-7-9-5-3-4-6-10(9)12-13-11/h3-6,8,11H,7H2,1-2H3. The zero-order valence-corrected chi connectivity index (χ0v) is 8.80. The highest BCUT2D eigenvalue weighted by Gasteiger charge is 2.23. The topological polar surface area (TPSA) is 9.23 Å². The molecule has 0 saturated heterocycles. The summed E-state index contributed by atoms with van der Waals surface area (Å²) in [5, 5.41) is 0.606. The third kappa shape index (κ3) is 1.83. The van der Waals surface area contributed by atoms with Crippen molar-refractivity contribution in [3.63, 3.8) is 0 Å². The first-order chi connectivity index (χ1) is 6.27. The number of benzene rings is 1. The van der Waals surface area contributed by atoms with Gasteiger partial charge in [-0.2, -0.15) is 0 Å². The first kappa shape index (κ1) is 8.95. The summed E-state index contributed by atoms with van der Waals surface area (Å²) in [5.41, 5.74) is 1.35. The fourth-order valence-corrected chi connectivity index (χ4v) is 2.32. The van der Waals surface area contributed by atoms with Crippen molar-refractivity contribution in [2.45, 2.75) is 25.5 Å². The number of hydrogen-bond donors (Lipinski definition) is 0. The molecule has 1 heterocycles. The van der Waals surface area contributed by atoms with Gasteiger partial charge in [0.25, 0.3) is 0 Å². The second-order valence-electron chi connectivity index (χ2n) is 3.77. The molecule has 1 atom stereocenters. The molecule has 0 radical (unpaired) electrons. The maximum absolute atomic E-state index is 5.61. The predicted molar refractivity (Wildman–Crippen MR) is 57.0 cm³/mol. The van der Waals surface area contributed by atoms with Gasteiger partial charge in [-0.1, -0.05) is 32.0 Å². The predicted octanol–water partition coefficient (Wildman–Crippen LogP) is 3.29. The lowest BCUT2D eigenvalue weighted by molar-refractivity contribution is 0.530. The van der Waals surface area contributed by atoms with Crippen LogP contribution >= 0.6 is 12.0 Å². The van der Waals surface area contributed by atoms with Crippen LogP contribution in [0.2, 0.25) is 0 Å². The van der Waals surface area contributed by atoms with E-state index in [9.17, 15) is 0 Å². The first-order valence-corrected chi connectivity index (χ1v) is 5.49. The van der Waals surface area contributed by atoms with Gasteiger partial charge in [0, 0.05) is 5.25 Å². The Kier molecular flexibility index (Phi) is 2.49. The van der Waals surface area contributed by atoms with Gasteiger partial charge in [-0.25, -0.2) is 0 Å². The highest BCUT2D eigenvalue weighted by Crippen LogP contribution is 2.35. The molecule has 0 aliphatic carbocycles. The Morgan fingerprint density at radius 2 is 2.15 bits per heavy atom. The van der Waals surface area contributed by atoms with Crippen molar-refractivity contribution in [1.29, 1.82) is 0 Å². The molecule has 13 heavy (non-hydrogen) atoms. The van der Waals surface area contributed by atoms with Crippen LogP contribution in [-0.2, 0) is 6.42 Å². The van der Waals surface area contributed by atoms with Gasteiger partial charge in [-0.15, -0.1) is 0 Å². The summed E-state index contributed by atoms with van der Waals surface area (Å²) in [7, 11) is 0. The smallest absolute Gasteiger partial charge is 0.140 e.